The molecule has 1 unspecified atom stereocenters. The second kappa shape index (κ2) is 8.20. The van der Waals surface area contributed by atoms with Crippen LogP contribution >= 0.6 is 11.6 Å². The quantitative estimate of drug-likeness (QED) is 0.751. The summed E-state index contributed by atoms with van der Waals surface area (Å²) in [4.78, 5) is 8.58. The number of halogens is 1. The molecule has 0 spiro atoms. The molecular weight excluding hydrogens is 260 g/mol. The van der Waals surface area contributed by atoms with Crippen molar-refractivity contribution < 1.29 is 0 Å². The molecule has 108 valence electrons. The fourth-order valence-electron chi connectivity index (χ4n) is 1.68. The zero-order valence-corrected chi connectivity index (χ0v) is 13.1. The molecule has 1 aromatic heterocycles. The molecular formula is C14H25ClN4. The van der Waals surface area contributed by atoms with E-state index in [0.29, 0.717) is 28.7 Å². The van der Waals surface area contributed by atoms with E-state index < -0.39 is 0 Å². The third-order valence-electron chi connectivity index (χ3n) is 2.84. The van der Waals surface area contributed by atoms with Crippen LogP contribution in [0.4, 0.5) is 11.8 Å². The highest BCUT2D eigenvalue weighted by Gasteiger charge is 2.09. The molecule has 0 saturated heterocycles. The normalized spacial score (nSPS) is 12.5. The van der Waals surface area contributed by atoms with E-state index >= 15 is 0 Å². The summed E-state index contributed by atoms with van der Waals surface area (Å²) in [6.07, 6.45) is 4.98. The first-order valence-corrected chi connectivity index (χ1v) is 7.43. The fraction of sp³-hybridized carbons (Fsp3) is 0.714. The van der Waals surface area contributed by atoms with Crippen LogP contribution in [0.1, 0.15) is 47.0 Å². The zero-order chi connectivity index (χ0) is 14.3. The smallest absolute Gasteiger partial charge is 0.224 e. The number of nitrogens with one attached hydrogen (secondary N) is 2. The number of aromatic nitrogens is 2. The second-order valence-electron chi connectivity index (χ2n) is 5.33. The molecule has 19 heavy (non-hydrogen) atoms. The first-order chi connectivity index (χ1) is 9.02. The number of hydrogen-bond acceptors (Lipinski definition) is 4. The van der Waals surface area contributed by atoms with Crippen LogP contribution in [0.2, 0.25) is 5.02 Å². The lowest BCUT2D eigenvalue weighted by molar-refractivity contribution is 0.527. The summed E-state index contributed by atoms with van der Waals surface area (Å²) in [5.74, 6) is 2.06. The van der Waals surface area contributed by atoms with Crippen LogP contribution in [-0.2, 0) is 0 Å². The first kappa shape index (κ1) is 16.0. The first-order valence-electron chi connectivity index (χ1n) is 7.05. The van der Waals surface area contributed by atoms with Crippen LogP contribution in [0.5, 0.6) is 0 Å². The minimum Gasteiger partial charge on any atom is -0.366 e. The maximum Gasteiger partial charge on any atom is 0.224 e. The molecule has 1 atom stereocenters. The van der Waals surface area contributed by atoms with E-state index in [1.807, 2.05) is 0 Å². The van der Waals surface area contributed by atoms with Gasteiger partial charge in [0.05, 0.1) is 6.20 Å². The van der Waals surface area contributed by atoms with Crippen molar-refractivity contribution in [2.24, 2.45) is 5.92 Å². The summed E-state index contributed by atoms with van der Waals surface area (Å²) in [5, 5.41) is 7.09. The molecule has 2 N–H and O–H groups in total. The monoisotopic (exact) mass is 284 g/mol. The molecule has 0 amide bonds. The van der Waals surface area contributed by atoms with Gasteiger partial charge in [-0.05, 0) is 32.1 Å². The zero-order valence-electron chi connectivity index (χ0n) is 12.3. The van der Waals surface area contributed by atoms with Crippen molar-refractivity contribution in [1.82, 2.24) is 9.97 Å². The summed E-state index contributed by atoms with van der Waals surface area (Å²) in [6.45, 7) is 9.59. The topological polar surface area (TPSA) is 49.8 Å². The van der Waals surface area contributed by atoms with Crippen LogP contribution in [-0.4, -0.2) is 22.6 Å². The van der Waals surface area contributed by atoms with E-state index in [1.54, 1.807) is 6.20 Å². The third kappa shape index (κ3) is 6.10. The maximum absolute atomic E-state index is 6.12. The molecule has 5 heteroatoms. The Kier molecular flexibility index (Phi) is 6.92. The Morgan fingerprint density at radius 1 is 1.26 bits per heavy atom. The van der Waals surface area contributed by atoms with E-state index in [2.05, 4.69) is 48.3 Å². The molecule has 0 aliphatic carbocycles. The fourth-order valence-corrected chi connectivity index (χ4v) is 1.82. The van der Waals surface area contributed by atoms with Crippen LogP contribution in [0.3, 0.4) is 0 Å². The van der Waals surface area contributed by atoms with Crippen LogP contribution in [0, 0.1) is 5.92 Å². The summed E-state index contributed by atoms with van der Waals surface area (Å²) < 4.78 is 0. The summed E-state index contributed by atoms with van der Waals surface area (Å²) >= 11 is 6.12. The van der Waals surface area contributed by atoms with Gasteiger partial charge in [0.15, 0.2) is 5.82 Å². The lowest BCUT2D eigenvalue weighted by Gasteiger charge is -2.17. The molecule has 1 aromatic rings. The van der Waals surface area contributed by atoms with Gasteiger partial charge < -0.3 is 10.6 Å². The Morgan fingerprint density at radius 3 is 2.63 bits per heavy atom. The van der Waals surface area contributed by atoms with E-state index in [1.165, 1.54) is 6.42 Å². The molecule has 0 radical (unpaired) electrons. The van der Waals surface area contributed by atoms with Crippen molar-refractivity contribution >= 4 is 23.4 Å². The average molecular weight is 285 g/mol. The lowest BCUT2D eigenvalue weighted by atomic mass is 10.0. The summed E-state index contributed by atoms with van der Waals surface area (Å²) in [5.41, 5.74) is 0. The molecule has 1 rings (SSSR count). The SMILES string of the molecule is CCCNc1ncc(Cl)c(NC(C)CCC(C)C)n1. The van der Waals surface area contributed by atoms with Gasteiger partial charge in [0, 0.05) is 12.6 Å². The molecule has 0 saturated carbocycles. The Bertz CT molecular complexity index is 382. The van der Waals surface area contributed by atoms with E-state index in [4.69, 9.17) is 11.6 Å². The lowest BCUT2D eigenvalue weighted by Crippen LogP contribution is -2.18. The van der Waals surface area contributed by atoms with Crippen LogP contribution < -0.4 is 10.6 Å². The number of nitrogens with zero attached hydrogens (tertiary/aromatic N) is 2. The number of hydrogen-bond donors (Lipinski definition) is 2. The van der Waals surface area contributed by atoms with Crippen LogP contribution in [0.15, 0.2) is 6.20 Å². The average Bonchev–Trinajstić information content (AvgIpc) is 2.37. The molecule has 0 bridgehead atoms. The Labute approximate surface area is 121 Å². The predicted molar refractivity (Wildman–Crippen MR) is 83.0 cm³/mol. The van der Waals surface area contributed by atoms with Gasteiger partial charge in [-0.2, -0.15) is 4.98 Å². The largest absolute Gasteiger partial charge is 0.366 e. The van der Waals surface area contributed by atoms with Crippen molar-refractivity contribution in [3.8, 4) is 0 Å². The van der Waals surface area contributed by atoms with Crippen molar-refractivity contribution in [3.05, 3.63) is 11.2 Å². The van der Waals surface area contributed by atoms with Gasteiger partial charge in [-0.15, -0.1) is 0 Å². The van der Waals surface area contributed by atoms with E-state index in [-0.39, 0.29) is 0 Å². The third-order valence-corrected chi connectivity index (χ3v) is 3.11. The second-order valence-corrected chi connectivity index (χ2v) is 5.74. The highest BCUT2D eigenvalue weighted by atomic mass is 35.5. The molecule has 0 aliphatic rings. The Balaban J connectivity index is 2.60. The molecule has 0 fully saturated rings. The van der Waals surface area contributed by atoms with Gasteiger partial charge in [-0.1, -0.05) is 32.4 Å². The summed E-state index contributed by atoms with van der Waals surface area (Å²) in [6, 6.07) is 0.355. The Hall–Kier alpha value is -1.03. The van der Waals surface area contributed by atoms with Crippen LogP contribution in [0.25, 0.3) is 0 Å². The van der Waals surface area contributed by atoms with Crippen molar-refractivity contribution in [2.45, 2.75) is 53.0 Å². The summed E-state index contributed by atoms with van der Waals surface area (Å²) in [7, 11) is 0. The van der Waals surface area contributed by atoms with Gasteiger partial charge in [0.25, 0.3) is 0 Å². The molecule has 4 nitrogen and oxygen atoms in total. The van der Waals surface area contributed by atoms with E-state index in [9.17, 15) is 0 Å². The minimum absolute atomic E-state index is 0.355. The van der Waals surface area contributed by atoms with Gasteiger partial charge in [-0.3, -0.25) is 0 Å². The van der Waals surface area contributed by atoms with Crippen molar-refractivity contribution in [3.63, 3.8) is 0 Å². The number of anilines is 2. The molecule has 1 heterocycles. The predicted octanol–water partition coefficient (Wildman–Crippen LogP) is 4.19. The Morgan fingerprint density at radius 2 is 2.00 bits per heavy atom. The maximum atomic E-state index is 6.12. The van der Waals surface area contributed by atoms with E-state index in [0.717, 1.165) is 19.4 Å². The molecule has 0 aromatic carbocycles. The standard InChI is InChI=1S/C14H25ClN4/c1-5-8-16-14-17-9-12(15)13(19-14)18-11(4)7-6-10(2)3/h9-11H,5-8H2,1-4H3,(H2,16,17,18,19). The highest BCUT2D eigenvalue weighted by molar-refractivity contribution is 6.32. The highest BCUT2D eigenvalue weighted by Crippen LogP contribution is 2.21. The van der Waals surface area contributed by atoms with Gasteiger partial charge in [0.2, 0.25) is 5.95 Å². The van der Waals surface area contributed by atoms with Gasteiger partial charge >= 0.3 is 0 Å². The molecule has 0 aliphatic heterocycles. The number of rotatable bonds is 8. The van der Waals surface area contributed by atoms with Crippen molar-refractivity contribution in [2.75, 3.05) is 17.2 Å². The van der Waals surface area contributed by atoms with Gasteiger partial charge in [0.1, 0.15) is 5.02 Å². The van der Waals surface area contributed by atoms with Crippen molar-refractivity contribution in [1.29, 1.82) is 0 Å². The van der Waals surface area contributed by atoms with Gasteiger partial charge in [-0.25, -0.2) is 4.98 Å². The minimum atomic E-state index is 0.355.